The number of piperazine rings is 1. The van der Waals surface area contributed by atoms with Gasteiger partial charge in [-0.2, -0.15) is 0 Å². The molecule has 0 radical (unpaired) electrons. The molecule has 0 bridgehead atoms. The number of alkyl halides is 2. The first-order valence-electron chi connectivity index (χ1n) is 6.65. The molecule has 1 aliphatic heterocycles. The van der Waals surface area contributed by atoms with Gasteiger partial charge in [0, 0.05) is 31.2 Å². The van der Waals surface area contributed by atoms with Crippen LogP contribution in [-0.2, 0) is 0 Å². The lowest BCUT2D eigenvalue weighted by Gasteiger charge is -2.38. The normalized spacial score (nSPS) is 19.1. The van der Waals surface area contributed by atoms with E-state index in [-0.39, 0.29) is 0 Å². The van der Waals surface area contributed by atoms with Crippen LogP contribution in [0.2, 0.25) is 5.02 Å². The lowest BCUT2D eigenvalue weighted by Crippen LogP contribution is -2.51. The minimum absolute atomic E-state index is 0.493. The predicted molar refractivity (Wildman–Crippen MR) is 75.4 cm³/mol. The molecule has 1 fully saturated rings. The van der Waals surface area contributed by atoms with Gasteiger partial charge in [-0.1, -0.05) is 23.7 Å². The van der Waals surface area contributed by atoms with Crippen LogP contribution in [0, 0.1) is 6.92 Å². The Kier molecular flexibility index (Phi) is 4.96. The Bertz CT molecular complexity index is 464. The van der Waals surface area contributed by atoms with Gasteiger partial charge in [0.1, 0.15) is 12.6 Å². The molecule has 1 atom stereocenters. The molecule has 1 aromatic carbocycles. The average Bonchev–Trinajstić information content (AvgIpc) is 2.44. The van der Waals surface area contributed by atoms with Crippen LogP contribution in [0.25, 0.3) is 0 Å². The Morgan fingerprint density at radius 2 is 2.05 bits per heavy atom. The summed E-state index contributed by atoms with van der Waals surface area (Å²) in [5.41, 5.74) is 1.26. The van der Waals surface area contributed by atoms with Crippen molar-refractivity contribution in [2.24, 2.45) is 0 Å². The average molecular weight is 305 g/mol. The van der Waals surface area contributed by atoms with Crippen molar-refractivity contribution >= 4 is 11.6 Å². The summed E-state index contributed by atoms with van der Waals surface area (Å²) in [6, 6.07) is 3.81. The molecule has 1 heterocycles. The van der Waals surface area contributed by atoms with Gasteiger partial charge in [0.05, 0.1) is 0 Å². The molecular weight excluding hydrogens is 286 g/mol. The Morgan fingerprint density at radius 3 is 2.60 bits per heavy atom. The lowest BCUT2D eigenvalue weighted by molar-refractivity contribution is -0.118. The highest BCUT2D eigenvalue weighted by Crippen LogP contribution is 2.37. The Balaban J connectivity index is 2.36. The van der Waals surface area contributed by atoms with Gasteiger partial charge in [-0.15, -0.1) is 0 Å². The van der Waals surface area contributed by atoms with Gasteiger partial charge < -0.3 is 10.4 Å². The maximum absolute atomic E-state index is 14.2. The van der Waals surface area contributed by atoms with Gasteiger partial charge in [0.2, 0.25) is 0 Å². The summed E-state index contributed by atoms with van der Waals surface area (Å²) in [5.74, 6) is -3.18. The van der Waals surface area contributed by atoms with Crippen molar-refractivity contribution in [3.05, 3.63) is 34.3 Å². The second-order valence-electron chi connectivity index (χ2n) is 5.12. The maximum Gasteiger partial charge on any atom is 0.289 e. The fraction of sp³-hybridized carbons (Fsp3) is 0.571. The van der Waals surface area contributed by atoms with Crippen molar-refractivity contribution in [3.63, 3.8) is 0 Å². The molecule has 2 N–H and O–H groups in total. The van der Waals surface area contributed by atoms with Crippen molar-refractivity contribution < 1.29 is 13.9 Å². The lowest BCUT2D eigenvalue weighted by atomic mass is 9.97. The van der Waals surface area contributed by atoms with E-state index in [0.29, 0.717) is 36.8 Å². The first-order valence-corrected chi connectivity index (χ1v) is 7.03. The van der Waals surface area contributed by atoms with Crippen molar-refractivity contribution in [2.45, 2.75) is 18.9 Å². The number of aliphatic hydroxyl groups excluding tert-OH is 1. The van der Waals surface area contributed by atoms with Crippen LogP contribution in [-0.4, -0.2) is 48.7 Å². The zero-order chi connectivity index (χ0) is 14.8. The summed E-state index contributed by atoms with van der Waals surface area (Å²) in [5, 5.41) is 12.8. The quantitative estimate of drug-likeness (QED) is 0.895. The molecule has 20 heavy (non-hydrogen) atoms. The van der Waals surface area contributed by atoms with Crippen molar-refractivity contribution in [1.82, 2.24) is 10.2 Å². The van der Waals surface area contributed by atoms with Crippen LogP contribution in [0.1, 0.15) is 17.2 Å². The van der Waals surface area contributed by atoms with Gasteiger partial charge in [-0.3, -0.25) is 4.90 Å². The van der Waals surface area contributed by atoms with E-state index in [2.05, 4.69) is 5.32 Å². The van der Waals surface area contributed by atoms with E-state index in [1.807, 2.05) is 0 Å². The number of benzene rings is 1. The minimum atomic E-state index is -3.18. The molecule has 2 rings (SSSR count). The van der Waals surface area contributed by atoms with Crippen LogP contribution < -0.4 is 5.32 Å². The molecule has 0 amide bonds. The summed E-state index contributed by atoms with van der Waals surface area (Å²) in [6.07, 6.45) is 0. The van der Waals surface area contributed by atoms with Crippen molar-refractivity contribution in [1.29, 1.82) is 0 Å². The Labute approximate surface area is 122 Å². The van der Waals surface area contributed by atoms with E-state index in [4.69, 9.17) is 16.7 Å². The first kappa shape index (κ1) is 15.6. The molecule has 0 spiro atoms. The number of aryl methyl sites for hydroxylation is 1. The second kappa shape index (κ2) is 6.35. The molecule has 0 unspecified atom stereocenters. The number of hydrogen-bond acceptors (Lipinski definition) is 3. The summed E-state index contributed by atoms with van der Waals surface area (Å²) in [6.45, 7) is 3.03. The van der Waals surface area contributed by atoms with E-state index in [1.165, 1.54) is 0 Å². The van der Waals surface area contributed by atoms with Crippen LogP contribution in [0.3, 0.4) is 0 Å². The summed E-state index contributed by atoms with van der Waals surface area (Å²) in [4.78, 5) is 1.72. The molecule has 0 aromatic heterocycles. The van der Waals surface area contributed by atoms with Crippen LogP contribution in [0.4, 0.5) is 8.78 Å². The van der Waals surface area contributed by atoms with Crippen LogP contribution in [0.5, 0.6) is 0 Å². The Hall–Kier alpha value is -0.750. The SMILES string of the molecule is Cc1cc([C@H](N2CCNCC2)C(F)(F)CO)ccc1Cl. The molecule has 0 aliphatic carbocycles. The van der Waals surface area contributed by atoms with Gasteiger partial charge in [0.25, 0.3) is 5.92 Å². The molecular formula is C14H19ClF2N2O. The number of halogens is 3. The van der Waals surface area contributed by atoms with Gasteiger partial charge in [-0.05, 0) is 24.1 Å². The summed E-state index contributed by atoms with van der Waals surface area (Å²) >= 11 is 5.96. The first-order chi connectivity index (χ1) is 9.45. The predicted octanol–water partition coefficient (Wildman–Crippen LogP) is 2.22. The number of hydrogen-bond donors (Lipinski definition) is 2. The molecule has 1 aromatic rings. The van der Waals surface area contributed by atoms with Crippen molar-refractivity contribution in [2.75, 3.05) is 32.8 Å². The standard InChI is InChI=1S/C14H19ClF2N2O/c1-10-8-11(2-3-12(10)15)13(14(16,17)9-20)19-6-4-18-5-7-19/h2-3,8,13,18,20H,4-7,9H2,1H3/t13-/m0/s1. The number of nitrogens with zero attached hydrogens (tertiary/aromatic N) is 1. The number of rotatable bonds is 4. The fourth-order valence-corrected chi connectivity index (χ4v) is 2.70. The molecule has 3 nitrogen and oxygen atoms in total. The topological polar surface area (TPSA) is 35.5 Å². The highest BCUT2D eigenvalue weighted by atomic mass is 35.5. The molecule has 1 saturated heterocycles. The summed E-state index contributed by atoms with van der Waals surface area (Å²) in [7, 11) is 0. The highest BCUT2D eigenvalue weighted by molar-refractivity contribution is 6.31. The van der Waals surface area contributed by atoms with E-state index in [9.17, 15) is 8.78 Å². The minimum Gasteiger partial charge on any atom is -0.390 e. The van der Waals surface area contributed by atoms with Gasteiger partial charge in [0.15, 0.2) is 0 Å². The van der Waals surface area contributed by atoms with E-state index in [0.717, 1.165) is 5.56 Å². The Morgan fingerprint density at radius 1 is 1.40 bits per heavy atom. The third-order valence-corrected chi connectivity index (χ3v) is 4.05. The van der Waals surface area contributed by atoms with Crippen LogP contribution in [0.15, 0.2) is 18.2 Å². The van der Waals surface area contributed by atoms with E-state index in [1.54, 1.807) is 30.0 Å². The van der Waals surface area contributed by atoms with Gasteiger partial charge >= 0.3 is 0 Å². The number of aliphatic hydroxyl groups is 1. The second-order valence-corrected chi connectivity index (χ2v) is 5.52. The monoisotopic (exact) mass is 304 g/mol. The maximum atomic E-state index is 14.2. The van der Waals surface area contributed by atoms with E-state index < -0.39 is 18.6 Å². The fourth-order valence-electron chi connectivity index (χ4n) is 2.59. The van der Waals surface area contributed by atoms with E-state index >= 15 is 0 Å². The molecule has 6 heteroatoms. The third-order valence-electron chi connectivity index (χ3n) is 3.63. The largest absolute Gasteiger partial charge is 0.390 e. The zero-order valence-corrected chi connectivity index (χ0v) is 12.1. The zero-order valence-electron chi connectivity index (χ0n) is 11.4. The van der Waals surface area contributed by atoms with Gasteiger partial charge in [-0.25, -0.2) is 8.78 Å². The molecule has 112 valence electrons. The van der Waals surface area contributed by atoms with Crippen LogP contribution >= 0.6 is 11.6 Å². The highest BCUT2D eigenvalue weighted by Gasteiger charge is 2.44. The smallest absolute Gasteiger partial charge is 0.289 e. The summed E-state index contributed by atoms with van der Waals surface area (Å²) < 4.78 is 28.3. The number of nitrogens with one attached hydrogen (secondary N) is 1. The molecule has 0 saturated carbocycles. The van der Waals surface area contributed by atoms with Crippen molar-refractivity contribution in [3.8, 4) is 0 Å². The molecule has 1 aliphatic rings. The third kappa shape index (κ3) is 3.28.